The Morgan fingerprint density at radius 1 is 1.65 bits per heavy atom. The number of amides is 1. The van der Waals surface area contributed by atoms with Gasteiger partial charge in [-0.3, -0.25) is 4.79 Å². The van der Waals surface area contributed by atoms with Gasteiger partial charge in [-0.25, -0.2) is 0 Å². The third kappa shape index (κ3) is 2.07. The van der Waals surface area contributed by atoms with Crippen LogP contribution in [0.5, 0.6) is 0 Å². The Bertz CT molecular complexity index is 424. The maximum Gasteiger partial charge on any atom is 0.235 e. The highest BCUT2D eigenvalue weighted by molar-refractivity contribution is 7.80. The predicted molar refractivity (Wildman–Crippen MR) is 68.3 cm³/mol. The number of carbonyl (C=O) groups is 1. The number of thiocarbonyl (C=S) groups is 1. The van der Waals surface area contributed by atoms with Gasteiger partial charge in [-0.15, -0.1) is 0 Å². The second-order valence-corrected chi connectivity index (χ2v) is 4.98. The first kappa shape index (κ1) is 12.1. The third-order valence-corrected chi connectivity index (χ3v) is 3.80. The number of nitrogens with two attached hydrogens (primary N) is 1. The Balaban J connectivity index is 2.06. The van der Waals surface area contributed by atoms with Gasteiger partial charge in [0.25, 0.3) is 0 Å². The number of nitrogens with zero attached hydrogens (tertiary/aromatic N) is 1. The maximum absolute atomic E-state index is 12.3. The normalized spacial score (nSPS) is 17.2. The van der Waals surface area contributed by atoms with Crippen molar-refractivity contribution in [3.05, 3.63) is 24.2 Å². The lowest BCUT2D eigenvalue weighted by Crippen LogP contribution is -2.53. The van der Waals surface area contributed by atoms with Gasteiger partial charge < -0.3 is 15.1 Å². The van der Waals surface area contributed by atoms with Gasteiger partial charge in [0.05, 0.1) is 23.2 Å². The molecule has 4 nitrogen and oxygen atoms in total. The molecule has 0 aliphatic heterocycles. The first-order valence-electron chi connectivity index (χ1n) is 5.64. The molecule has 1 saturated carbocycles. The molecule has 5 heteroatoms. The number of hydrogen-bond donors (Lipinski definition) is 1. The number of rotatable bonds is 4. The van der Waals surface area contributed by atoms with Crippen molar-refractivity contribution in [1.29, 1.82) is 0 Å². The van der Waals surface area contributed by atoms with E-state index in [1.807, 2.05) is 6.07 Å². The molecule has 0 aromatic carbocycles. The molecule has 0 unspecified atom stereocenters. The molecule has 0 bridgehead atoms. The van der Waals surface area contributed by atoms with Gasteiger partial charge in [-0.1, -0.05) is 18.6 Å². The van der Waals surface area contributed by atoms with Crippen LogP contribution in [0, 0.1) is 5.41 Å². The van der Waals surface area contributed by atoms with Crippen LogP contribution < -0.4 is 5.73 Å². The first-order valence-corrected chi connectivity index (χ1v) is 6.05. The lowest BCUT2D eigenvalue weighted by molar-refractivity contribution is -0.141. The molecule has 0 spiro atoms. The molecule has 17 heavy (non-hydrogen) atoms. The van der Waals surface area contributed by atoms with Crippen LogP contribution in [0.15, 0.2) is 22.8 Å². The summed E-state index contributed by atoms with van der Waals surface area (Å²) in [5.41, 5.74) is 5.10. The molecule has 2 rings (SSSR count). The zero-order valence-electron chi connectivity index (χ0n) is 9.81. The van der Waals surface area contributed by atoms with Crippen LogP contribution in [-0.4, -0.2) is 22.8 Å². The summed E-state index contributed by atoms with van der Waals surface area (Å²) in [6, 6.07) is 3.65. The monoisotopic (exact) mass is 252 g/mol. The van der Waals surface area contributed by atoms with E-state index in [4.69, 9.17) is 22.4 Å². The van der Waals surface area contributed by atoms with Crippen molar-refractivity contribution in [2.24, 2.45) is 11.1 Å². The van der Waals surface area contributed by atoms with Crippen LogP contribution in [0.2, 0.25) is 0 Å². The minimum Gasteiger partial charge on any atom is -0.467 e. The summed E-state index contributed by atoms with van der Waals surface area (Å²) >= 11 is 5.03. The Morgan fingerprint density at radius 2 is 2.35 bits per heavy atom. The lowest BCUT2D eigenvalue weighted by atomic mass is 9.67. The summed E-state index contributed by atoms with van der Waals surface area (Å²) in [6.45, 7) is 0.455. The Kier molecular flexibility index (Phi) is 3.19. The first-order chi connectivity index (χ1) is 8.06. The number of carbonyl (C=O) groups excluding carboxylic acids is 1. The second kappa shape index (κ2) is 4.49. The molecule has 1 amide bonds. The van der Waals surface area contributed by atoms with Crippen molar-refractivity contribution in [1.82, 2.24) is 4.90 Å². The molecule has 0 saturated heterocycles. The van der Waals surface area contributed by atoms with E-state index < -0.39 is 5.41 Å². The molecule has 1 aliphatic rings. The van der Waals surface area contributed by atoms with Gasteiger partial charge in [-0.05, 0) is 25.0 Å². The highest BCUT2D eigenvalue weighted by atomic mass is 32.1. The summed E-state index contributed by atoms with van der Waals surface area (Å²) in [7, 11) is 1.75. The molecule has 0 atom stereocenters. The SMILES string of the molecule is CN(Cc1ccco1)C(=O)C1(C(N)=S)CCC1. The quantitative estimate of drug-likeness (QED) is 0.828. The minimum atomic E-state index is -0.601. The predicted octanol–water partition coefficient (Wildman–Crippen LogP) is 1.69. The van der Waals surface area contributed by atoms with Crippen molar-refractivity contribution in [3.8, 4) is 0 Å². The third-order valence-electron chi connectivity index (χ3n) is 3.41. The van der Waals surface area contributed by atoms with Crippen molar-refractivity contribution >= 4 is 23.1 Å². The van der Waals surface area contributed by atoms with E-state index >= 15 is 0 Å². The van der Waals surface area contributed by atoms with E-state index in [0.717, 1.165) is 25.0 Å². The summed E-state index contributed by atoms with van der Waals surface area (Å²) < 4.78 is 5.22. The summed E-state index contributed by atoms with van der Waals surface area (Å²) in [5, 5.41) is 0. The van der Waals surface area contributed by atoms with E-state index in [-0.39, 0.29) is 5.91 Å². The van der Waals surface area contributed by atoms with Crippen molar-refractivity contribution in [2.75, 3.05) is 7.05 Å². The van der Waals surface area contributed by atoms with Gasteiger partial charge >= 0.3 is 0 Å². The Morgan fingerprint density at radius 3 is 2.76 bits per heavy atom. The van der Waals surface area contributed by atoms with Crippen LogP contribution >= 0.6 is 12.2 Å². The van der Waals surface area contributed by atoms with E-state index in [2.05, 4.69) is 0 Å². The molecule has 0 radical (unpaired) electrons. The van der Waals surface area contributed by atoms with Gasteiger partial charge in [-0.2, -0.15) is 0 Å². The van der Waals surface area contributed by atoms with E-state index in [1.165, 1.54) is 0 Å². The summed E-state index contributed by atoms with van der Waals surface area (Å²) in [4.78, 5) is 14.3. The van der Waals surface area contributed by atoms with Gasteiger partial charge in [0.1, 0.15) is 5.76 Å². The van der Waals surface area contributed by atoms with Crippen molar-refractivity contribution in [3.63, 3.8) is 0 Å². The molecule has 1 heterocycles. The molecule has 1 aromatic heterocycles. The standard InChI is InChI=1S/C12H16N2O2S/c1-14(8-9-4-2-7-16-9)11(15)12(10(13)17)5-3-6-12/h2,4,7H,3,5-6,8H2,1H3,(H2,13,17). The number of hydrogen-bond acceptors (Lipinski definition) is 3. The fourth-order valence-corrected chi connectivity index (χ4v) is 2.46. The topological polar surface area (TPSA) is 59.5 Å². The average Bonchev–Trinajstić information content (AvgIpc) is 2.67. The average molecular weight is 252 g/mol. The zero-order chi connectivity index (χ0) is 12.5. The summed E-state index contributed by atoms with van der Waals surface area (Å²) in [5.74, 6) is 0.769. The van der Waals surface area contributed by atoms with Crippen LogP contribution in [0.25, 0.3) is 0 Å². The van der Waals surface area contributed by atoms with E-state index in [1.54, 1.807) is 24.3 Å². The highest BCUT2D eigenvalue weighted by Crippen LogP contribution is 2.42. The molecule has 92 valence electrons. The van der Waals surface area contributed by atoms with Crippen molar-refractivity contribution < 1.29 is 9.21 Å². The van der Waals surface area contributed by atoms with Gasteiger partial charge in [0.2, 0.25) is 5.91 Å². The lowest BCUT2D eigenvalue weighted by Gasteiger charge is -2.41. The zero-order valence-corrected chi connectivity index (χ0v) is 10.6. The number of furan rings is 1. The van der Waals surface area contributed by atoms with Gasteiger partial charge in [0, 0.05) is 7.05 Å². The van der Waals surface area contributed by atoms with Gasteiger partial charge in [0.15, 0.2) is 0 Å². The largest absolute Gasteiger partial charge is 0.467 e. The van der Waals surface area contributed by atoms with Crippen molar-refractivity contribution in [2.45, 2.75) is 25.8 Å². The van der Waals surface area contributed by atoms with Crippen LogP contribution in [0.1, 0.15) is 25.0 Å². The molecule has 1 fully saturated rings. The fraction of sp³-hybridized carbons (Fsp3) is 0.500. The fourth-order valence-electron chi connectivity index (χ4n) is 2.17. The van der Waals surface area contributed by atoms with E-state index in [0.29, 0.717) is 11.5 Å². The highest BCUT2D eigenvalue weighted by Gasteiger charge is 2.48. The van der Waals surface area contributed by atoms with Crippen LogP contribution in [0.4, 0.5) is 0 Å². The molecular weight excluding hydrogens is 236 g/mol. The molecule has 1 aliphatic carbocycles. The molecular formula is C12H16N2O2S. The minimum absolute atomic E-state index is 0.00708. The Labute approximate surface area is 106 Å². The summed E-state index contributed by atoms with van der Waals surface area (Å²) in [6.07, 6.45) is 4.14. The molecule has 1 aromatic rings. The Hall–Kier alpha value is -1.36. The maximum atomic E-state index is 12.3. The molecule has 2 N–H and O–H groups in total. The van der Waals surface area contributed by atoms with Crippen LogP contribution in [-0.2, 0) is 11.3 Å². The van der Waals surface area contributed by atoms with Crippen LogP contribution in [0.3, 0.4) is 0 Å². The second-order valence-electron chi connectivity index (χ2n) is 4.54. The smallest absolute Gasteiger partial charge is 0.235 e. The van der Waals surface area contributed by atoms with E-state index in [9.17, 15) is 4.79 Å².